The van der Waals surface area contributed by atoms with E-state index >= 15 is 0 Å². The third-order valence-electron chi connectivity index (χ3n) is 2.98. The van der Waals surface area contributed by atoms with Crippen LogP contribution in [0.15, 0.2) is 24.5 Å². The molecular formula is C13H10ClN3O2. The second-order valence-corrected chi connectivity index (χ2v) is 4.81. The van der Waals surface area contributed by atoms with Crippen molar-refractivity contribution in [3.63, 3.8) is 0 Å². The first-order valence-electron chi connectivity index (χ1n) is 5.88. The number of hydrogen-bond acceptors (Lipinski definition) is 4. The van der Waals surface area contributed by atoms with Gasteiger partial charge in [-0.25, -0.2) is 14.8 Å². The first-order valence-corrected chi connectivity index (χ1v) is 6.25. The third-order valence-corrected chi connectivity index (χ3v) is 3.29. The summed E-state index contributed by atoms with van der Waals surface area (Å²) in [6.07, 6.45) is 4.87. The number of aromatic carboxylic acids is 1. The number of carboxylic acids is 1. The largest absolute Gasteiger partial charge is 0.478 e. The minimum Gasteiger partial charge on any atom is -0.478 e. The lowest BCUT2D eigenvalue weighted by atomic mass is 10.1. The van der Waals surface area contributed by atoms with Crippen molar-refractivity contribution in [2.75, 3.05) is 0 Å². The Hall–Kier alpha value is -2.01. The molecule has 0 radical (unpaired) electrons. The molecule has 3 rings (SSSR count). The van der Waals surface area contributed by atoms with Gasteiger partial charge in [-0.3, -0.25) is 4.98 Å². The first-order chi connectivity index (χ1) is 9.16. The number of rotatable bonds is 3. The van der Waals surface area contributed by atoms with Gasteiger partial charge >= 0.3 is 5.97 Å². The summed E-state index contributed by atoms with van der Waals surface area (Å²) in [6.45, 7) is 0. The van der Waals surface area contributed by atoms with Crippen LogP contribution < -0.4 is 0 Å². The molecule has 2 aromatic heterocycles. The van der Waals surface area contributed by atoms with Gasteiger partial charge in [0, 0.05) is 18.3 Å². The zero-order valence-corrected chi connectivity index (χ0v) is 10.6. The zero-order valence-electron chi connectivity index (χ0n) is 9.88. The minimum atomic E-state index is -0.999. The van der Waals surface area contributed by atoms with Gasteiger partial charge < -0.3 is 5.11 Å². The highest BCUT2D eigenvalue weighted by atomic mass is 35.5. The third kappa shape index (κ3) is 2.29. The van der Waals surface area contributed by atoms with Crippen molar-refractivity contribution in [2.24, 2.45) is 0 Å². The molecule has 6 heteroatoms. The van der Waals surface area contributed by atoms with Gasteiger partial charge in [-0.05, 0) is 25.0 Å². The van der Waals surface area contributed by atoms with Crippen molar-refractivity contribution in [3.8, 4) is 11.5 Å². The molecule has 19 heavy (non-hydrogen) atoms. The lowest BCUT2D eigenvalue weighted by Crippen LogP contribution is -2.07. The molecule has 0 unspecified atom stereocenters. The smallest absolute Gasteiger partial charge is 0.339 e. The van der Waals surface area contributed by atoms with Crippen LogP contribution in [0, 0.1) is 0 Å². The van der Waals surface area contributed by atoms with Crippen LogP contribution >= 0.6 is 11.6 Å². The van der Waals surface area contributed by atoms with Crippen LogP contribution in [0.4, 0.5) is 0 Å². The summed E-state index contributed by atoms with van der Waals surface area (Å²) in [5.74, 6) is -0.409. The molecule has 0 saturated heterocycles. The average molecular weight is 276 g/mol. The summed E-state index contributed by atoms with van der Waals surface area (Å²) < 4.78 is 0. The molecular weight excluding hydrogens is 266 g/mol. The van der Waals surface area contributed by atoms with Crippen molar-refractivity contribution < 1.29 is 9.90 Å². The molecule has 0 amide bonds. The van der Waals surface area contributed by atoms with E-state index in [0.29, 0.717) is 22.2 Å². The Balaban J connectivity index is 2.11. The molecule has 1 aliphatic rings. The standard InChI is InChI=1S/C13H10ClN3O2/c14-9-2-1-5-15-11(9)12-16-6-8(13(18)19)10(17-12)7-3-4-7/h1-2,5-7H,3-4H2,(H,18,19). The van der Waals surface area contributed by atoms with Gasteiger partial charge in [0.05, 0.1) is 16.3 Å². The number of carboxylic acid groups (broad SMARTS) is 1. The Labute approximate surface area is 114 Å². The fraction of sp³-hybridized carbons (Fsp3) is 0.231. The molecule has 5 nitrogen and oxygen atoms in total. The summed E-state index contributed by atoms with van der Waals surface area (Å²) in [4.78, 5) is 23.7. The molecule has 0 atom stereocenters. The van der Waals surface area contributed by atoms with Gasteiger partial charge in [-0.2, -0.15) is 0 Å². The van der Waals surface area contributed by atoms with E-state index in [1.807, 2.05) is 0 Å². The lowest BCUT2D eigenvalue weighted by molar-refractivity contribution is 0.0694. The van der Waals surface area contributed by atoms with E-state index < -0.39 is 5.97 Å². The quantitative estimate of drug-likeness (QED) is 0.932. The van der Waals surface area contributed by atoms with E-state index in [1.165, 1.54) is 6.20 Å². The van der Waals surface area contributed by atoms with Crippen molar-refractivity contribution >= 4 is 17.6 Å². The Bertz CT molecular complexity index is 656. The van der Waals surface area contributed by atoms with Gasteiger partial charge in [0.2, 0.25) is 0 Å². The molecule has 0 aromatic carbocycles. The first kappa shape index (κ1) is 12.0. The average Bonchev–Trinajstić information content (AvgIpc) is 3.23. The van der Waals surface area contributed by atoms with Crippen molar-refractivity contribution in [1.82, 2.24) is 15.0 Å². The van der Waals surface area contributed by atoms with Crippen molar-refractivity contribution in [3.05, 3.63) is 40.8 Å². The molecule has 96 valence electrons. The van der Waals surface area contributed by atoms with Gasteiger partial charge in [-0.15, -0.1) is 0 Å². The summed E-state index contributed by atoms with van der Waals surface area (Å²) in [5, 5.41) is 9.59. The molecule has 1 saturated carbocycles. The van der Waals surface area contributed by atoms with Crippen molar-refractivity contribution in [1.29, 1.82) is 0 Å². The molecule has 1 fully saturated rings. The Morgan fingerprint density at radius 2 is 2.16 bits per heavy atom. The second kappa shape index (κ2) is 4.59. The summed E-state index contributed by atoms with van der Waals surface area (Å²) in [6, 6.07) is 3.43. The summed E-state index contributed by atoms with van der Waals surface area (Å²) >= 11 is 6.05. The van der Waals surface area contributed by atoms with E-state index in [9.17, 15) is 4.79 Å². The number of carbonyl (C=O) groups is 1. The summed E-state index contributed by atoms with van der Waals surface area (Å²) in [7, 11) is 0. The number of nitrogens with zero attached hydrogens (tertiary/aromatic N) is 3. The van der Waals surface area contributed by atoms with E-state index in [0.717, 1.165) is 12.8 Å². The van der Waals surface area contributed by atoms with E-state index in [2.05, 4.69) is 15.0 Å². The van der Waals surface area contributed by atoms with Crippen LogP contribution in [-0.2, 0) is 0 Å². The highest BCUT2D eigenvalue weighted by Crippen LogP contribution is 2.41. The Morgan fingerprint density at radius 3 is 2.79 bits per heavy atom. The highest BCUT2D eigenvalue weighted by Gasteiger charge is 2.30. The molecule has 1 aliphatic carbocycles. The number of pyridine rings is 1. The molecule has 2 aromatic rings. The fourth-order valence-corrected chi connectivity index (χ4v) is 2.10. The molecule has 0 bridgehead atoms. The van der Waals surface area contributed by atoms with Gasteiger partial charge in [0.15, 0.2) is 5.82 Å². The SMILES string of the molecule is O=C(O)c1cnc(-c2ncccc2Cl)nc1C1CC1. The van der Waals surface area contributed by atoms with Crippen LogP contribution in [0.1, 0.15) is 34.8 Å². The number of halogens is 1. The molecule has 0 aliphatic heterocycles. The fourth-order valence-electron chi connectivity index (χ4n) is 1.89. The van der Waals surface area contributed by atoms with Crippen LogP contribution in [0.25, 0.3) is 11.5 Å². The normalized spacial score (nSPS) is 14.4. The number of hydrogen-bond donors (Lipinski definition) is 1. The van der Waals surface area contributed by atoms with Crippen LogP contribution in [0.5, 0.6) is 0 Å². The number of aromatic nitrogens is 3. The molecule has 1 N–H and O–H groups in total. The van der Waals surface area contributed by atoms with E-state index in [1.54, 1.807) is 18.3 Å². The maximum Gasteiger partial charge on any atom is 0.339 e. The van der Waals surface area contributed by atoms with Gasteiger partial charge in [0.1, 0.15) is 5.69 Å². The summed E-state index contributed by atoms with van der Waals surface area (Å²) in [5.41, 5.74) is 1.22. The van der Waals surface area contributed by atoms with Crippen LogP contribution in [0.3, 0.4) is 0 Å². The van der Waals surface area contributed by atoms with Crippen molar-refractivity contribution in [2.45, 2.75) is 18.8 Å². The molecule has 2 heterocycles. The van der Waals surface area contributed by atoms with Crippen LogP contribution in [-0.4, -0.2) is 26.0 Å². The van der Waals surface area contributed by atoms with Gasteiger partial charge in [-0.1, -0.05) is 11.6 Å². The Morgan fingerprint density at radius 1 is 1.37 bits per heavy atom. The van der Waals surface area contributed by atoms with Crippen LogP contribution in [0.2, 0.25) is 5.02 Å². The van der Waals surface area contributed by atoms with E-state index in [-0.39, 0.29) is 11.5 Å². The Kier molecular flexibility index (Phi) is 2.91. The molecule has 0 spiro atoms. The zero-order chi connectivity index (χ0) is 13.4. The second-order valence-electron chi connectivity index (χ2n) is 4.41. The highest BCUT2D eigenvalue weighted by molar-refractivity contribution is 6.32. The van der Waals surface area contributed by atoms with Gasteiger partial charge in [0.25, 0.3) is 0 Å². The predicted octanol–water partition coefficient (Wildman–Crippen LogP) is 2.77. The monoisotopic (exact) mass is 275 g/mol. The minimum absolute atomic E-state index is 0.165. The maximum absolute atomic E-state index is 11.1. The lowest BCUT2D eigenvalue weighted by Gasteiger charge is -2.06. The predicted molar refractivity (Wildman–Crippen MR) is 69.2 cm³/mol. The van der Waals surface area contributed by atoms with E-state index in [4.69, 9.17) is 16.7 Å². The maximum atomic E-state index is 11.1. The topological polar surface area (TPSA) is 76.0 Å².